The lowest BCUT2D eigenvalue weighted by atomic mass is 10.1. The Morgan fingerprint density at radius 2 is 1.74 bits per heavy atom. The molecule has 27 heavy (non-hydrogen) atoms. The standard InChI is InChI=1S/C19H20N4O4/c1-11-10-15(16-12(2)23-27-19(16)22-11)18(25)21-9-8-20-17(24)13-4-6-14(26-3)7-5-13/h4-7,10H,8-9H2,1-3H3,(H,20,24)(H,21,25). The summed E-state index contributed by atoms with van der Waals surface area (Å²) in [6.07, 6.45) is 0. The van der Waals surface area contributed by atoms with Crippen LogP contribution in [-0.4, -0.2) is 42.2 Å². The molecule has 0 spiro atoms. The van der Waals surface area contributed by atoms with Crippen LogP contribution >= 0.6 is 0 Å². The number of hydrogen-bond donors (Lipinski definition) is 2. The second-order valence-electron chi connectivity index (χ2n) is 6.00. The smallest absolute Gasteiger partial charge is 0.258 e. The van der Waals surface area contributed by atoms with Crippen LogP contribution in [-0.2, 0) is 0 Å². The normalized spacial score (nSPS) is 10.6. The van der Waals surface area contributed by atoms with Crippen molar-refractivity contribution in [2.24, 2.45) is 0 Å². The third-order valence-electron chi connectivity index (χ3n) is 4.04. The van der Waals surface area contributed by atoms with E-state index in [2.05, 4.69) is 20.8 Å². The first-order valence-corrected chi connectivity index (χ1v) is 8.43. The van der Waals surface area contributed by atoms with Crippen LogP contribution in [0.25, 0.3) is 11.1 Å². The van der Waals surface area contributed by atoms with E-state index in [4.69, 9.17) is 9.26 Å². The Labute approximate surface area is 155 Å². The second-order valence-corrected chi connectivity index (χ2v) is 6.00. The molecule has 8 nitrogen and oxygen atoms in total. The molecule has 0 bridgehead atoms. The van der Waals surface area contributed by atoms with Crippen LogP contribution < -0.4 is 15.4 Å². The van der Waals surface area contributed by atoms with E-state index in [0.717, 1.165) is 0 Å². The zero-order valence-electron chi connectivity index (χ0n) is 15.3. The number of hydrogen-bond acceptors (Lipinski definition) is 6. The zero-order chi connectivity index (χ0) is 19.4. The molecule has 2 amide bonds. The maximum absolute atomic E-state index is 12.5. The molecule has 0 fully saturated rings. The molecule has 0 saturated carbocycles. The average molecular weight is 368 g/mol. The Morgan fingerprint density at radius 3 is 2.41 bits per heavy atom. The number of methoxy groups -OCH3 is 1. The van der Waals surface area contributed by atoms with Gasteiger partial charge in [0.15, 0.2) is 0 Å². The van der Waals surface area contributed by atoms with Crippen molar-refractivity contribution in [3.05, 3.63) is 52.8 Å². The molecular weight excluding hydrogens is 348 g/mol. The molecule has 1 aromatic carbocycles. The largest absolute Gasteiger partial charge is 0.497 e. The Bertz CT molecular complexity index is 979. The van der Waals surface area contributed by atoms with Gasteiger partial charge < -0.3 is 19.9 Å². The number of amides is 2. The van der Waals surface area contributed by atoms with Crippen LogP contribution in [0.5, 0.6) is 5.75 Å². The Balaban J connectivity index is 1.57. The van der Waals surface area contributed by atoms with Gasteiger partial charge in [0.25, 0.3) is 17.5 Å². The molecule has 2 aromatic heterocycles. The Hall–Kier alpha value is -3.42. The van der Waals surface area contributed by atoms with E-state index < -0.39 is 0 Å². The summed E-state index contributed by atoms with van der Waals surface area (Å²) in [5.74, 6) is 0.196. The predicted molar refractivity (Wildman–Crippen MR) is 98.9 cm³/mol. The zero-order valence-corrected chi connectivity index (χ0v) is 15.3. The number of carbonyl (C=O) groups is 2. The lowest BCUT2D eigenvalue weighted by molar-refractivity contribution is 0.0928. The van der Waals surface area contributed by atoms with Crippen molar-refractivity contribution in [3.63, 3.8) is 0 Å². The Morgan fingerprint density at radius 1 is 1.07 bits per heavy atom. The molecule has 2 N–H and O–H groups in total. The van der Waals surface area contributed by atoms with Crippen molar-refractivity contribution in [2.45, 2.75) is 13.8 Å². The Kier molecular flexibility index (Phi) is 5.35. The van der Waals surface area contributed by atoms with Gasteiger partial charge in [-0.1, -0.05) is 5.16 Å². The monoisotopic (exact) mass is 368 g/mol. The van der Waals surface area contributed by atoms with Gasteiger partial charge >= 0.3 is 0 Å². The molecule has 0 radical (unpaired) electrons. The van der Waals surface area contributed by atoms with E-state index in [1.807, 2.05) is 0 Å². The topological polar surface area (TPSA) is 106 Å². The summed E-state index contributed by atoms with van der Waals surface area (Å²) in [7, 11) is 1.57. The highest BCUT2D eigenvalue weighted by Crippen LogP contribution is 2.21. The van der Waals surface area contributed by atoms with Crippen molar-refractivity contribution < 1.29 is 18.8 Å². The van der Waals surface area contributed by atoms with Crippen molar-refractivity contribution in [1.82, 2.24) is 20.8 Å². The van der Waals surface area contributed by atoms with Crippen molar-refractivity contribution >= 4 is 22.9 Å². The lowest BCUT2D eigenvalue weighted by Crippen LogP contribution is -2.34. The van der Waals surface area contributed by atoms with Crippen LogP contribution in [0.3, 0.4) is 0 Å². The fourth-order valence-corrected chi connectivity index (χ4v) is 2.69. The van der Waals surface area contributed by atoms with Gasteiger partial charge in [-0.15, -0.1) is 0 Å². The highest BCUT2D eigenvalue weighted by molar-refractivity contribution is 6.06. The van der Waals surface area contributed by atoms with Gasteiger partial charge in [0.05, 0.1) is 23.8 Å². The third kappa shape index (κ3) is 4.05. The van der Waals surface area contributed by atoms with Crippen molar-refractivity contribution in [2.75, 3.05) is 20.2 Å². The fraction of sp³-hybridized carbons (Fsp3) is 0.263. The highest BCUT2D eigenvalue weighted by Gasteiger charge is 2.17. The van der Waals surface area contributed by atoms with Gasteiger partial charge in [-0.2, -0.15) is 0 Å². The van der Waals surface area contributed by atoms with Crippen LogP contribution in [0.4, 0.5) is 0 Å². The van der Waals surface area contributed by atoms with E-state index in [9.17, 15) is 9.59 Å². The number of rotatable bonds is 6. The van der Waals surface area contributed by atoms with E-state index in [1.165, 1.54) is 0 Å². The molecule has 0 saturated heterocycles. The lowest BCUT2D eigenvalue weighted by Gasteiger charge is -2.09. The van der Waals surface area contributed by atoms with Crippen molar-refractivity contribution in [3.8, 4) is 5.75 Å². The van der Waals surface area contributed by atoms with Crippen LogP contribution in [0.2, 0.25) is 0 Å². The quantitative estimate of drug-likeness (QED) is 0.645. The molecular formula is C19H20N4O4. The molecule has 0 aliphatic heterocycles. The predicted octanol–water partition coefficient (Wildman–Crippen LogP) is 2.01. The number of ether oxygens (including phenoxy) is 1. The highest BCUT2D eigenvalue weighted by atomic mass is 16.5. The first kappa shape index (κ1) is 18.4. The van der Waals surface area contributed by atoms with Gasteiger partial charge in [0.2, 0.25) is 0 Å². The SMILES string of the molecule is COc1ccc(C(=O)NCCNC(=O)c2cc(C)nc3onc(C)c23)cc1. The van der Waals surface area contributed by atoms with Gasteiger partial charge in [0.1, 0.15) is 5.75 Å². The summed E-state index contributed by atoms with van der Waals surface area (Å²) >= 11 is 0. The minimum absolute atomic E-state index is 0.219. The summed E-state index contributed by atoms with van der Waals surface area (Å²) in [6, 6.07) is 8.48. The average Bonchev–Trinajstić information content (AvgIpc) is 3.04. The molecule has 2 heterocycles. The summed E-state index contributed by atoms with van der Waals surface area (Å²) in [4.78, 5) is 28.8. The summed E-state index contributed by atoms with van der Waals surface area (Å²) in [5.41, 5.74) is 2.59. The van der Waals surface area contributed by atoms with Gasteiger partial charge in [-0.25, -0.2) is 4.98 Å². The molecule has 0 atom stereocenters. The van der Waals surface area contributed by atoms with Crippen LogP contribution in [0.15, 0.2) is 34.9 Å². The van der Waals surface area contributed by atoms with Gasteiger partial charge in [-0.05, 0) is 44.2 Å². The van der Waals surface area contributed by atoms with E-state index in [0.29, 0.717) is 45.9 Å². The summed E-state index contributed by atoms with van der Waals surface area (Å²) in [6.45, 7) is 4.12. The van der Waals surface area contributed by atoms with E-state index in [-0.39, 0.29) is 18.4 Å². The molecule has 140 valence electrons. The first-order valence-electron chi connectivity index (χ1n) is 8.43. The van der Waals surface area contributed by atoms with Crippen LogP contribution in [0.1, 0.15) is 32.1 Å². The van der Waals surface area contributed by atoms with Gasteiger partial charge in [0, 0.05) is 24.3 Å². The number of benzene rings is 1. The number of aryl methyl sites for hydroxylation is 2. The molecule has 3 rings (SSSR count). The third-order valence-corrected chi connectivity index (χ3v) is 4.04. The molecule has 8 heteroatoms. The number of aromatic nitrogens is 2. The number of nitrogens with zero attached hydrogens (tertiary/aromatic N) is 2. The molecule has 0 aliphatic carbocycles. The minimum atomic E-state index is -0.268. The minimum Gasteiger partial charge on any atom is -0.497 e. The van der Waals surface area contributed by atoms with Gasteiger partial charge in [-0.3, -0.25) is 9.59 Å². The first-order chi connectivity index (χ1) is 13.0. The molecule has 0 aliphatic rings. The van der Waals surface area contributed by atoms with E-state index in [1.54, 1.807) is 51.3 Å². The molecule has 0 unspecified atom stereocenters. The second kappa shape index (κ2) is 7.86. The van der Waals surface area contributed by atoms with Crippen molar-refractivity contribution in [1.29, 1.82) is 0 Å². The fourth-order valence-electron chi connectivity index (χ4n) is 2.69. The summed E-state index contributed by atoms with van der Waals surface area (Å²) in [5, 5.41) is 10.0. The number of pyridine rings is 1. The maximum atomic E-state index is 12.5. The number of nitrogens with one attached hydrogen (secondary N) is 2. The maximum Gasteiger partial charge on any atom is 0.258 e. The summed E-state index contributed by atoms with van der Waals surface area (Å²) < 4.78 is 10.2. The number of fused-ring (bicyclic) bond motifs is 1. The molecule has 3 aromatic rings. The number of carbonyl (C=O) groups excluding carboxylic acids is 2. The van der Waals surface area contributed by atoms with Crippen LogP contribution in [0, 0.1) is 13.8 Å². The van der Waals surface area contributed by atoms with E-state index >= 15 is 0 Å².